The van der Waals surface area contributed by atoms with Crippen LogP contribution in [0.25, 0.3) is 22.2 Å². The van der Waals surface area contributed by atoms with Gasteiger partial charge in [0, 0.05) is 28.9 Å². The van der Waals surface area contributed by atoms with Gasteiger partial charge in [-0.2, -0.15) is 0 Å². The van der Waals surface area contributed by atoms with Crippen LogP contribution in [0.15, 0.2) is 83.5 Å². The zero-order chi connectivity index (χ0) is 30.1. The summed E-state index contributed by atoms with van der Waals surface area (Å²) >= 11 is 6.50. The van der Waals surface area contributed by atoms with E-state index < -0.39 is 9.84 Å². The second kappa shape index (κ2) is 11.9. The van der Waals surface area contributed by atoms with Crippen molar-refractivity contribution >= 4 is 43.8 Å². The number of furan rings is 1. The first-order valence-electron chi connectivity index (χ1n) is 13.8. The topological polar surface area (TPSA) is 97.6 Å². The van der Waals surface area contributed by atoms with Crippen molar-refractivity contribution in [3.8, 4) is 17.1 Å². The van der Waals surface area contributed by atoms with E-state index in [-0.39, 0.29) is 24.2 Å². The first-order chi connectivity index (χ1) is 20.6. The van der Waals surface area contributed by atoms with E-state index in [1.807, 2.05) is 43.4 Å². The summed E-state index contributed by atoms with van der Waals surface area (Å²) in [6.45, 7) is 0.184. The third-order valence-corrected chi connectivity index (χ3v) is 8.64. The van der Waals surface area contributed by atoms with Crippen molar-refractivity contribution in [1.82, 2.24) is 14.9 Å². The van der Waals surface area contributed by atoms with Crippen LogP contribution < -0.4 is 10.1 Å². The lowest BCUT2D eigenvalue weighted by Gasteiger charge is -2.25. The van der Waals surface area contributed by atoms with E-state index in [1.165, 1.54) is 24.7 Å². The van der Waals surface area contributed by atoms with Crippen LogP contribution >= 0.6 is 11.6 Å². The number of ether oxygens (including phenoxy) is 1. The SMILES string of the molecule is CN(C1CC1)C(CS(C)(=O)=O)c1ccc(-c2ccc3ncnc(Nc4ccc(OCc5cccc(F)c5)c(Cl)c4)c3c2)o1. The largest absolute Gasteiger partial charge is 0.487 e. The van der Waals surface area contributed by atoms with Gasteiger partial charge in [-0.15, -0.1) is 0 Å². The Morgan fingerprint density at radius 3 is 2.67 bits per heavy atom. The van der Waals surface area contributed by atoms with Crippen LogP contribution in [0.2, 0.25) is 5.02 Å². The molecule has 1 aliphatic carbocycles. The van der Waals surface area contributed by atoms with Crippen LogP contribution in [0.5, 0.6) is 5.75 Å². The van der Waals surface area contributed by atoms with Crippen molar-refractivity contribution in [2.45, 2.75) is 31.5 Å². The van der Waals surface area contributed by atoms with Gasteiger partial charge in [0.05, 0.1) is 22.3 Å². The van der Waals surface area contributed by atoms with E-state index in [9.17, 15) is 12.8 Å². The average molecular weight is 621 g/mol. The zero-order valence-corrected chi connectivity index (χ0v) is 25.2. The molecule has 8 nitrogen and oxygen atoms in total. The number of sulfone groups is 1. The molecule has 0 bridgehead atoms. The van der Waals surface area contributed by atoms with Crippen LogP contribution in [0.4, 0.5) is 15.9 Å². The Hall–Kier alpha value is -3.99. The number of anilines is 2. The molecule has 1 N–H and O–H groups in total. The van der Waals surface area contributed by atoms with E-state index in [4.69, 9.17) is 20.8 Å². The number of hydrogen-bond acceptors (Lipinski definition) is 8. The quantitative estimate of drug-likeness (QED) is 0.166. The molecule has 0 spiro atoms. The normalized spacial score (nSPS) is 14.3. The number of nitrogens with one attached hydrogen (secondary N) is 1. The molecule has 1 fully saturated rings. The lowest BCUT2D eigenvalue weighted by atomic mass is 10.1. The van der Waals surface area contributed by atoms with Gasteiger partial charge < -0.3 is 14.5 Å². The van der Waals surface area contributed by atoms with Gasteiger partial charge >= 0.3 is 0 Å². The summed E-state index contributed by atoms with van der Waals surface area (Å²) in [7, 11) is -1.27. The lowest BCUT2D eigenvalue weighted by Crippen LogP contribution is -2.31. The maximum absolute atomic E-state index is 13.5. The maximum atomic E-state index is 13.5. The van der Waals surface area contributed by atoms with Crippen molar-refractivity contribution in [1.29, 1.82) is 0 Å². The maximum Gasteiger partial charge on any atom is 0.149 e. The van der Waals surface area contributed by atoms with E-state index >= 15 is 0 Å². The van der Waals surface area contributed by atoms with Crippen LogP contribution in [0, 0.1) is 5.82 Å². The van der Waals surface area contributed by atoms with Crippen LogP contribution in [0.3, 0.4) is 0 Å². The smallest absolute Gasteiger partial charge is 0.149 e. The standard InChI is InChI=1S/C32H30ClFN4O4S/c1-38(24-8-9-24)28(18-43(2,39)40)31-13-12-29(42-31)21-6-10-27-25(15-21)32(36-19-35-27)37-23-7-11-30(26(33)16-23)41-17-20-4-3-5-22(34)14-20/h3-7,10-16,19,24,28H,8-9,17-18H2,1-2H3,(H,35,36,37). The molecule has 222 valence electrons. The fourth-order valence-corrected chi connectivity index (χ4v) is 6.25. The summed E-state index contributed by atoms with van der Waals surface area (Å²) in [5.41, 5.74) is 2.94. The molecule has 43 heavy (non-hydrogen) atoms. The van der Waals surface area contributed by atoms with Gasteiger partial charge in [0.2, 0.25) is 0 Å². The van der Waals surface area contributed by atoms with Gasteiger partial charge in [-0.05, 0) is 86.1 Å². The van der Waals surface area contributed by atoms with Crippen molar-refractivity contribution in [3.05, 3.63) is 101 Å². The van der Waals surface area contributed by atoms with Crippen molar-refractivity contribution < 1.29 is 22.0 Å². The van der Waals surface area contributed by atoms with E-state index in [0.29, 0.717) is 45.4 Å². The fourth-order valence-electron chi connectivity index (χ4n) is 5.04. The Kier molecular flexibility index (Phi) is 8.09. The summed E-state index contributed by atoms with van der Waals surface area (Å²) < 4.78 is 49.9. The summed E-state index contributed by atoms with van der Waals surface area (Å²) in [5, 5.41) is 4.47. The number of hydrogen-bond donors (Lipinski definition) is 1. The molecule has 3 aromatic carbocycles. The lowest BCUT2D eigenvalue weighted by molar-refractivity contribution is 0.225. The highest BCUT2D eigenvalue weighted by molar-refractivity contribution is 7.90. The monoisotopic (exact) mass is 620 g/mol. The third-order valence-electron chi connectivity index (χ3n) is 7.43. The number of fused-ring (bicyclic) bond motifs is 1. The van der Waals surface area contributed by atoms with Crippen LogP contribution in [-0.4, -0.2) is 48.4 Å². The number of halogens is 2. The summed E-state index contributed by atoms with van der Waals surface area (Å²) in [6, 6.07) is 21.0. The van der Waals surface area contributed by atoms with Gasteiger partial charge in [0.25, 0.3) is 0 Å². The Morgan fingerprint density at radius 2 is 1.93 bits per heavy atom. The number of aromatic nitrogens is 2. The first kappa shape index (κ1) is 29.1. The number of rotatable bonds is 11. The molecule has 11 heteroatoms. The highest BCUT2D eigenvalue weighted by Gasteiger charge is 2.35. The minimum atomic E-state index is -3.22. The van der Waals surface area contributed by atoms with Gasteiger partial charge in [0.1, 0.15) is 51.7 Å². The molecule has 6 rings (SSSR count). The highest BCUT2D eigenvalue weighted by Crippen LogP contribution is 2.37. The number of nitrogens with zero attached hydrogens (tertiary/aromatic N) is 3. The summed E-state index contributed by atoms with van der Waals surface area (Å²) in [5.74, 6) is 1.96. The molecule has 0 saturated heterocycles. The van der Waals surface area contributed by atoms with Crippen LogP contribution in [0.1, 0.15) is 30.2 Å². The van der Waals surface area contributed by atoms with E-state index in [1.54, 1.807) is 24.3 Å². The molecular weight excluding hydrogens is 591 g/mol. The Bertz CT molecular complexity index is 1890. The Labute approximate surface area is 254 Å². The Balaban J connectivity index is 1.23. The predicted octanol–water partition coefficient (Wildman–Crippen LogP) is 7.18. The highest BCUT2D eigenvalue weighted by atomic mass is 35.5. The molecule has 1 aliphatic rings. The molecule has 2 heterocycles. The molecule has 1 unspecified atom stereocenters. The molecule has 1 saturated carbocycles. The van der Waals surface area contributed by atoms with Gasteiger partial charge in [-0.3, -0.25) is 4.90 Å². The van der Waals surface area contributed by atoms with Gasteiger partial charge in [-0.1, -0.05) is 23.7 Å². The molecule has 2 aromatic heterocycles. The average Bonchev–Trinajstić information content (AvgIpc) is 3.71. The number of benzene rings is 3. The molecule has 0 aliphatic heterocycles. The third kappa shape index (κ3) is 6.98. The molecular formula is C32H30ClFN4O4S. The minimum absolute atomic E-state index is 0.0101. The molecule has 0 radical (unpaired) electrons. The summed E-state index contributed by atoms with van der Waals surface area (Å²) in [4.78, 5) is 11.0. The van der Waals surface area contributed by atoms with Crippen LogP contribution in [-0.2, 0) is 16.4 Å². The summed E-state index contributed by atoms with van der Waals surface area (Å²) in [6.07, 6.45) is 4.85. The van der Waals surface area contributed by atoms with Crippen molar-refractivity contribution in [2.75, 3.05) is 24.4 Å². The molecule has 0 amide bonds. The Morgan fingerprint density at radius 1 is 1.09 bits per heavy atom. The predicted molar refractivity (Wildman–Crippen MR) is 166 cm³/mol. The first-order valence-corrected chi connectivity index (χ1v) is 16.3. The minimum Gasteiger partial charge on any atom is -0.487 e. The fraction of sp³-hybridized carbons (Fsp3) is 0.250. The molecule has 5 aromatic rings. The zero-order valence-electron chi connectivity index (χ0n) is 23.6. The second-order valence-corrected chi connectivity index (χ2v) is 13.4. The molecule has 1 atom stereocenters. The van der Waals surface area contributed by atoms with Gasteiger partial charge in [-0.25, -0.2) is 22.8 Å². The second-order valence-electron chi connectivity index (χ2n) is 10.8. The van der Waals surface area contributed by atoms with Crippen molar-refractivity contribution in [2.24, 2.45) is 0 Å². The van der Waals surface area contributed by atoms with E-state index in [0.717, 1.165) is 29.3 Å². The van der Waals surface area contributed by atoms with Gasteiger partial charge in [0.15, 0.2) is 0 Å². The van der Waals surface area contributed by atoms with Crippen molar-refractivity contribution in [3.63, 3.8) is 0 Å². The van der Waals surface area contributed by atoms with E-state index in [2.05, 4.69) is 20.2 Å².